The lowest BCUT2D eigenvalue weighted by atomic mass is 10.1. The van der Waals surface area contributed by atoms with Crippen molar-refractivity contribution < 1.29 is 0 Å². The quantitative estimate of drug-likeness (QED) is 0.412. The van der Waals surface area contributed by atoms with Crippen molar-refractivity contribution in [2.45, 2.75) is 7.59 Å². The second kappa shape index (κ2) is 7.68. The average molecular weight is 408 g/mol. The molecule has 0 aliphatic carbocycles. The van der Waals surface area contributed by atoms with Crippen molar-refractivity contribution in [2.75, 3.05) is 19.0 Å². The van der Waals surface area contributed by atoms with Gasteiger partial charge in [-0.1, -0.05) is 93.9 Å². The van der Waals surface area contributed by atoms with E-state index >= 15 is 0 Å². The van der Waals surface area contributed by atoms with Gasteiger partial charge in [0, 0.05) is 25.4 Å². The summed E-state index contributed by atoms with van der Waals surface area (Å²) < 4.78 is -3.19. The van der Waals surface area contributed by atoms with E-state index in [1.165, 1.54) is 12.2 Å². The first kappa shape index (κ1) is 19.3. The van der Waals surface area contributed by atoms with E-state index < -0.39 is 7.59 Å². The maximum atomic E-state index is 5.98. The Balaban J connectivity index is 3.31. The van der Waals surface area contributed by atoms with Crippen molar-refractivity contribution in [3.8, 4) is 0 Å². The maximum Gasteiger partial charge on any atom is 0.216 e. The van der Waals surface area contributed by atoms with Crippen molar-refractivity contribution >= 4 is 81.4 Å². The second-order valence-electron chi connectivity index (χ2n) is 4.43. The number of anilines is 1. The Morgan fingerprint density at radius 3 is 2.05 bits per heavy atom. The Kier molecular flexibility index (Phi) is 7.05. The molecule has 0 saturated carbocycles. The van der Waals surface area contributed by atoms with E-state index in [1.54, 1.807) is 6.08 Å². The predicted octanol–water partition coefficient (Wildman–Crippen LogP) is 6.43. The van der Waals surface area contributed by atoms with Crippen molar-refractivity contribution in [2.24, 2.45) is 0 Å². The lowest BCUT2D eigenvalue weighted by Crippen LogP contribution is -2.11. The molecule has 0 amide bonds. The third-order valence-corrected chi connectivity index (χ3v) is 3.54. The van der Waals surface area contributed by atoms with E-state index in [0.29, 0.717) is 5.57 Å². The normalized spacial score (nSPS) is 13.8. The predicted molar refractivity (Wildman–Crippen MR) is 98.5 cm³/mol. The summed E-state index contributed by atoms with van der Waals surface area (Å²) in [5.41, 5.74) is 2.26. The number of hydrogen-bond acceptors (Lipinski definition) is 1. The molecule has 0 aliphatic rings. The van der Waals surface area contributed by atoms with Gasteiger partial charge in [0.05, 0.1) is 0 Å². The summed E-state index contributed by atoms with van der Waals surface area (Å²) in [7, 11) is 3.86. The number of benzene rings is 1. The van der Waals surface area contributed by atoms with Crippen LogP contribution in [-0.4, -0.2) is 21.7 Å². The molecule has 0 unspecified atom stereocenters. The molecule has 1 nitrogen and oxygen atoms in total. The first-order chi connectivity index (χ1) is 9.50. The minimum atomic E-state index is -1.63. The first-order valence-electron chi connectivity index (χ1n) is 5.82. The summed E-state index contributed by atoms with van der Waals surface area (Å²) in [5, 5.41) is 0. The number of hydrogen-bond donors (Lipinski definition) is 0. The zero-order chi connectivity index (χ0) is 16.3. The Morgan fingerprint density at radius 2 is 1.57 bits per heavy atom. The fraction of sp³-hybridized carbons (Fsp3) is 0.286. The minimum absolute atomic E-state index is 0.396. The number of alkyl halides is 6. The number of para-hydroxylation sites is 1. The highest BCUT2D eigenvalue weighted by molar-refractivity contribution is 6.70. The van der Waals surface area contributed by atoms with E-state index in [9.17, 15) is 0 Å². The topological polar surface area (TPSA) is 3.24 Å². The van der Waals surface area contributed by atoms with Gasteiger partial charge in [0.2, 0.25) is 7.59 Å². The van der Waals surface area contributed by atoms with Crippen LogP contribution in [0, 0.1) is 0 Å². The molecule has 0 saturated heterocycles. The minimum Gasteiger partial charge on any atom is -0.377 e. The lowest BCUT2D eigenvalue weighted by molar-refractivity contribution is 1.13. The van der Waals surface area contributed by atoms with Crippen molar-refractivity contribution in [1.82, 2.24) is 0 Å². The fourth-order valence-corrected chi connectivity index (χ4v) is 2.13. The number of nitrogens with zero attached hydrogens (tertiary/aromatic N) is 1. The first-order valence-corrected chi connectivity index (χ1v) is 8.09. The van der Waals surface area contributed by atoms with Crippen LogP contribution < -0.4 is 4.90 Å². The van der Waals surface area contributed by atoms with Gasteiger partial charge in [-0.25, -0.2) is 0 Å². The summed E-state index contributed by atoms with van der Waals surface area (Å²) >= 11 is 35.0. The van der Waals surface area contributed by atoms with Crippen LogP contribution in [0.4, 0.5) is 5.69 Å². The molecule has 1 aromatic rings. The number of rotatable bonds is 3. The third kappa shape index (κ3) is 6.90. The van der Waals surface area contributed by atoms with Gasteiger partial charge >= 0.3 is 0 Å². The van der Waals surface area contributed by atoms with Crippen LogP contribution in [-0.2, 0) is 0 Å². The molecular weight excluding hydrogens is 395 g/mol. The molecule has 0 heterocycles. The van der Waals surface area contributed by atoms with Gasteiger partial charge in [-0.15, -0.1) is 0 Å². The van der Waals surface area contributed by atoms with Gasteiger partial charge in [-0.05, 0) is 23.8 Å². The molecule has 1 aromatic carbocycles. The average Bonchev–Trinajstić information content (AvgIpc) is 2.32. The van der Waals surface area contributed by atoms with Crippen LogP contribution in [0.5, 0.6) is 0 Å². The molecule has 0 radical (unpaired) electrons. The van der Waals surface area contributed by atoms with Crippen LogP contribution >= 0.6 is 69.6 Å². The van der Waals surface area contributed by atoms with Crippen LogP contribution in [0.25, 0.3) is 6.08 Å². The Bertz CT molecular complexity index is 537. The smallest absolute Gasteiger partial charge is 0.216 e. The van der Waals surface area contributed by atoms with Gasteiger partial charge < -0.3 is 4.90 Å². The Morgan fingerprint density at radius 1 is 1.00 bits per heavy atom. The maximum absolute atomic E-state index is 5.98. The zero-order valence-electron chi connectivity index (χ0n) is 11.3. The molecule has 1 rings (SSSR count). The molecule has 0 fully saturated rings. The molecule has 116 valence electrons. The fourth-order valence-electron chi connectivity index (χ4n) is 1.59. The van der Waals surface area contributed by atoms with E-state index in [-0.39, 0.29) is 0 Å². The molecule has 0 bridgehead atoms. The van der Waals surface area contributed by atoms with Crippen molar-refractivity contribution in [3.63, 3.8) is 0 Å². The molecule has 0 aliphatic heterocycles. The highest BCUT2D eigenvalue weighted by Gasteiger charge is 2.25. The molecule has 0 aromatic heterocycles. The summed E-state index contributed by atoms with van der Waals surface area (Å²) in [6.45, 7) is 0. The van der Waals surface area contributed by atoms with Crippen molar-refractivity contribution in [1.29, 1.82) is 0 Å². The van der Waals surface area contributed by atoms with Crippen LogP contribution in [0.2, 0.25) is 0 Å². The van der Waals surface area contributed by atoms with E-state index in [0.717, 1.165) is 11.3 Å². The van der Waals surface area contributed by atoms with Crippen LogP contribution in [0.15, 0.2) is 42.0 Å². The summed E-state index contributed by atoms with van der Waals surface area (Å²) in [6, 6.07) is 7.70. The van der Waals surface area contributed by atoms with Crippen LogP contribution in [0.1, 0.15) is 5.56 Å². The van der Waals surface area contributed by atoms with Gasteiger partial charge in [-0.2, -0.15) is 0 Å². The highest BCUT2D eigenvalue weighted by Crippen LogP contribution is 2.39. The lowest BCUT2D eigenvalue weighted by Gasteiger charge is -2.18. The van der Waals surface area contributed by atoms with Gasteiger partial charge in [-0.3, -0.25) is 0 Å². The van der Waals surface area contributed by atoms with E-state index in [4.69, 9.17) is 69.6 Å². The van der Waals surface area contributed by atoms with E-state index in [2.05, 4.69) is 0 Å². The summed E-state index contributed by atoms with van der Waals surface area (Å²) in [4.78, 5) is 1.96. The van der Waals surface area contributed by atoms with Crippen molar-refractivity contribution in [3.05, 3.63) is 47.6 Å². The molecule has 7 heteroatoms. The van der Waals surface area contributed by atoms with Gasteiger partial charge in [0.1, 0.15) is 0 Å². The zero-order valence-corrected chi connectivity index (χ0v) is 15.8. The largest absolute Gasteiger partial charge is 0.377 e. The Labute approximate surface area is 155 Å². The number of allylic oxidation sites excluding steroid dienone is 3. The molecule has 0 atom stereocenters. The summed E-state index contributed by atoms with van der Waals surface area (Å²) in [6.07, 6.45) is 4.57. The van der Waals surface area contributed by atoms with Gasteiger partial charge in [0.25, 0.3) is 0 Å². The SMILES string of the molecule is CN(C)c1ccccc1C=C(C=CC(Cl)(Cl)Cl)C(Cl)(Cl)Cl. The van der Waals surface area contributed by atoms with Crippen LogP contribution in [0.3, 0.4) is 0 Å². The number of halogens is 6. The highest BCUT2D eigenvalue weighted by atomic mass is 35.6. The third-order valence-electron chi connectivity index (χ3n) is 2.51. The van der Waals surface area contributed by atoms with Gasteiger partial charge in [0.15, 0.2) is 0 Å². The molecule has 0 spiro atoms. The summed E-state index contributed by atoms with van der Waals surface area (Å²) in [5.74, 6) is 0. The monoisotopic (exact) mass is 405 g/mol. The molecule has 21 heavy (non-hydrogen) atoms. The molecular formula is C14H13Cl6N. The standard InChI is InChI=1S/C14H13Cl6N/c1-21(2)12-6-4-3-5-10(12)9-11(14(18,19)20)7-8-13(15,16)17/h3-9H,1-2H3. The Hall–Kier alpha value is 0.240. The molecule has 0 N–H and O–H groups in total. The second-order valence-corrected chi connectivity index (χ2v) is 9.08. The van der Waals surface area contributed by atoms with E-state index in [1.807, 2.05) is 43.3 Å².